The Morgan fingerprint density at radius 1 is 1.10 bits per heavy atom. The predicted molar refractivity (Wildman–Crippen MR) is 78.4 cm³/mol. The molecule has 1 aromatic carbocycles. The number of aliphatic hydroxyl groups is 1. The first kappa shape index (κ1) is 16.2. The smallest absolute Gasteiger partial charge is 0.313 e. The molecule has 1 aromatic rings. The molecule has 20 heavy (non-hydrogen) atoms. The maximum Gasteiger partial charge on any atom is 0.313 e. The molecule has 0 heterocycles. The van der Waals surface area contributed by atoms with Gasteiger partial charge in [-0.2, -0.15) is 0 Å². The molecule has 2 amide bonds. The van der Waals surface area contributed by atoms with Crippen LogP contribution in [0.2, 0.25) is 0 Å². The van der Waals surface area contributed by atoms with Crippen LogP contribution in [0, 0.1) is 0 Å². The number of aryl methyl sites for hydroxylation is 1. The minimum absolute atomic E-state index is 0.0720. The summed E-state index contributed by atoms with van der Waals surface area (Å²) in [5.41, 5.74) is 1.81. The topological polar surface area (TPSA) is 78.4 Å². The van der Waals surface area contributed by atoms with Crippen molar-refractivity contribution in [2.45, 2.75) is 32.6 Å². The van der Waals surface area contributed by atoms with Crippen molar-refractivity contribution in [2.24, 2.45) is 0 Å². The van der Waals surface area contributed by atoms with Gasteiger partial charge in [-0.1, -0.05) is 31.9 Å². The van der Waals surface area contributed by atoms with Crippen molar-refractivity contribution in [3.63, 3.8) is 0 Å². The van der Waals surface area contributed by atoms with Gasteiger partial charge in [-0.05, 0) is 30.5 Å². The second-order valence-electron chi connectivity index (χ2n) is 4.59. The molecule has 5 nitrogen and oxygen atoms in total. The van der Waals surface area contributed by atoms with Crippen LogP contribution in [-0.4, -0.2) is 30.1 Å². The van der Waals surface area contributed by atoms with Gasteiger partial charge in [0.25, 0.3) is 0 Å². The maximum absolute atomic E-state index is 11.5. The summed E-state index contributed by atoms with van der Waals surface area (Å²) in [4.78, 5) is 22.8. The van der Waals surface area contributed by atoms with Crippen LogP contribution in [0.4, 0.5) is 5.69 Å². The largest absolute Gasteiger partial charge is 0.395 e. The summed E-state index contributed by atoms with van der Waals surface area (Å²) in [6.45, 7) is 2.05. The number of anilines is 1. The van der Waals surface area contributed by atoms with Crippen LogP contribution in [-0.2, 0) is 16.0 Å². The lowest BCUT2D eigenvalue weighted by Crippen LogP contribution is -2.36. The van der Waals surface area contributed by atoms with Gasteiger partial charge in [0, 0.05) is 12.2 Å². The highest BCUT2D eigenvalue weighted by Gasteiger charge is 2.12. The van der Waals surface area contributed by atoms with Gasteiger partial charge in [0.15, 0.2) is 0 Å². The van der Waals surface area contributed by atoms with E-state index < -0.39 is 11.8 Å². The van der Waals surface area contributed by atoms with Crippen molar-refractivity contribution in [2.75, 3.05) is 18.5 Å². The molecule has 0 spiro atoms. The summed E-state index contributed by atoms with van der Waals surface area (Å²) < 4.78 is 0. The summed E-state index contributed by atoms with van der Waals surface area (Å²) in [7, 11) is 0. The fourth-order valence-corrected chi connectivity index (χ4v) is 1.77. The minimum Gasteiger partial charge on any atom is -0.395 e. The van der Waals surface area contributed by atoms with Crippen molar-refractivity contribution in [3.05, 3.63) is 29.8 Å². The molecule has 110 valence electrons. The number of carbonyl (C=O) groups is 2. The average Bonchev–Trinajstić information content (AvgIpc) is 2.46. The van der Waals surface area contributed by atoms with Gasteiger partial charge < -0.3 is 15.7 Å². The van der Waals surface area contributed by atoms with Gasteiger partial charge in [-0.15, -0.1) is 0 Å². The van der Waals surface area contributed by atoms with Crippen LogP contribution in [0.15, 0.2) is 24.3 Å². The second kappa shape index (κ2) is 9.09. The maximum atomic E-state index is 11.5. The SMILES string of the molecule is CCCCCc1ccc(NC(=O)C(=O)NCCO)cc1. The Morgan fingerprint density at radius 3 is 2.40 bits per heavy atom. The molecule has 0 aliphatic carbocycles. The summed E-state index contributed by atoms with van der Waals surface area (Å²) >= 11 is 0. The number of carbonyl (C=O) groups excluding carboxylic acids is 2. The zero-order chi connectivity index (χ0) is 14.8. The standard InChI is InChI=1S/C15H22N2O3/c1-2-3-4-5-12-6-8-13(9-7-12)17-15(20)14(19)16-10-11-18/h6-9,18H,2-5,10-11H2,1H3,(H,16,19)(H,17,20). The lowest BCUT2D eigenvalue weighted by molar-refractivity contribution is -0.136. The highest BCUT2D eigenvalue weighted by Crippen LogP contribution is 2.12. The van der Waals surface area contributed by atoms with E-state index in [0.29, 0.717) is 5.69 Å². The summed E-state index contributed by atoms with van der Waals surface area (Å²) in [6, 6.07) is 7.49. The van der Waals surface area contributed by atoms with E-state index in [-0.39, 0.29) is 13.2 Å². The normalized spacial score (nSPS) is 10.1. The van der Waals surface area contributed by atoms with Crippen molar-refractivity contribution < 1.29 is 14.7 Å². The van der Waals surface area contributed by atoms with Gasteiger partial charge in [-0.3, -0.25) is 9.59 Å². The van der Waals surface area contributed by atoms with Crippen molar-refractivity contribution in [1.29, 1.82) is 0 Å². The Morgan fingerprint density at radius 2 is 1.80 bits per heavy atom. The quantitative estimate of drug-likeness (QED) is 0.522. The van der Waals surface area contributed by atoms with E-state index >= 15 is 0 Å². The molecule has 0 saturated carbocycles. The number of benzene rings is 1. The lowest BCUT2D eigenvalue weighted by atomic mass is 10.1. The number of rotatable bonds is 7. The van der Waals surface area contributed by atoms with E-state index in [0.717, 1.165) is 12.8 Å². The summed E-state index contributed by atoms with van der Waals surface area (Å²) in [5.74, 6) is -1.47. The number of nitrogens with one attached hydrogen (secondary N) is 2. The zero-order valence-corrected chi connectivity index (χ0v) is 11.8. The molecule has 0 fully saturated rings. The molecule has 0 unspecified atom stereocenters. The molecular weight excluding hydrogens is 256 g/mol. The second-order valence-corrected chi connectivity index (χ2v) is 4.59. The van der Waals surface area contributed by atoms with Crippen LogP contribution in [0.1, 0.15) is 31.7 Å². The molecule has 1 rings (SSSR count). The van der Waals surface area contributed by atoms with Gasteiger partial charge in [0.2, 0.25) is 0 Å². The van der Waals surface area contributed by atoms with Gasteiger partial charge in [-0.25, -0.2) is 0 Å². The Balaban J connectivity index is 2.44. The number of unbranched alkanes of at least 4 members (excludes halogenated alkanes) is 2. The molecule has 3 N–H and O–H groups in total. The number of amides is 2. The first-order chi connectivity index (χ1) is 9.67. The Bertz CT molecular complexity index is 429. The molecule has 0 radical (unpaired) electrons. The minimum atomic E-state index is -0.744. The van der Waals surface area contributed by atoms with Crippen molar-refractivity contribution >= 4 is 17.5 Å². The molecule has 0 atom stereocenters. The highest BCUT2D eigenvalue weighted by atomic mass is 16.3. The van der Waals surface area contributed by atoms with Crippen molar-refractivity contribution in [1.82, 2.24) is 5.32 Å². The Hall–Kier alpha value is -1.88. The Kier molecular flexibility index (Phi) is 7.35. The fraction of sp³-hybridized carbons (Fsp3) is 0.467. The molecule has 0 aliphatic rings. The van der Waals surface area contributed by atoms with Gasteiger partial charge in [0.1, 0.15) is 0 Å². The fourth-order valence-electron chi connectivity index (χ4n) is 1.77. The number of hydrogen-bond acceptors (Lipinski definition) is 3. The van der Waals surface area contributed by atoms with Crippen LogP contribution >= 0.6 is 0 Å². The monoisotopic (exact) mass is 278 g/mol. The van der Waals surface area contributed by atoms with E-state index in [9.17, 15) is 9.59 Å². The third kappa shape index (κ3) is 5.84. The third-order valence-corrected chi connectivity index (χ3v) is 2.88. The van der Waals surface area contributed by atoms with Crippen LogP contribution in [0.25, 0.3) is 0 Å². The van der Waals surface area contributed by atoms with Gasteiger partial charge in [0.05, 0.1) is 6.61 Å². The number of hydrogen-bond donors (Lipinski definition) is 3. The zero-order valence-electron chi connectivity index (χ0n) is 11.8. The molecule has 5 heteroatoms. The van der Waals surface area contributed by atoms with E-state index in [4.69, 9.17) is 5.11 Å². The van der Waals surface area contributed by atoms with Gasteiger partial charge >= 0.3 is 11.8 Å². The summed E-state index contributed by atoms with van der Waals surface area (Å²) in [5, 5.41) is 13.4. The molecule has 0 aromatic heterocycles. The van der Waals surface area contributed by atoms with Crippen molar-refractivity contribution in [3.8, 4) is 0 Å². The number of aliphatic hydroxyl groups excluding tert-OH is 1. The first-order valence-corrected chi connectivity index (χ1v) is 6.96. The van der Waals surface area contributed by atoms with Crippen LogP contribution < -0.4 is 10.6 Å². The molecule has 0 bridgehead atoms. The van der Waals surface area contributed by atoms with E-state index in [2.05, 4.69) is 17.6 Å². The third-order valence-electron chi connectivity index (χ3n) is 2.88. The van der Waals surface area contributed by atoms with E-state index in [1.165, 1.54) is 18.4 Å². The molecule has 0 aliphatic heterocycles. The van der Waals surface area contributed by atoms with Crippen LogP contribution in [0.5, 0.6) is 0 Å². The molecular formula is C15H22N2O3. The predicted octanol–water partition coefficient (Wildman–Crippen LogP) is 1.47. The first-order valence-electron chi connectivity index (χ1n) is 6.96. The van der Waals surface area contributed by atoms with Crippen LogP contribution in [0.3, 0.4) is 0 Å². The summed E-state index contributed by atoms with van der Waals surface area (Å²) in [6.07, 6.45) is 4.59. The average molecular weight is 278 g/mol. The van der Waals surface area contributed by atoms with E-state index in [1.54, 1.807) is 12.1 Å². The Labute approximate surface area is 119 Å². The molecule has 0 saturated heterocycles. The lowest BCUT2D eigenvalue weighted by Gasteiger charge is -2.06. The highest BCUT2D eigenvalue weighted by molar-refractivity contribution is 6.39. The van der Waals surface area contributed by atoms with E-state index in [1.807, 2.05) is 12.1 Å².